The molecule has 1 saturated heterocycles. The molecule has 1 atom stereocenters. The number of nitrogens with one attached hydrogen (secondary N) is 1. The zero-order valence-electron chi connectivity index (χ0n) is 11.9. The van der Waals surface area contributed by atoms with Crippen LogP contribution in [0, 0.1) is 0 Å². The predicted molar refractivity (Wildman–Crippen MR) is 79.7 cm³/mol. The van der Waals surface area contributed by atoms with E-state index in [2.05, 4.69) is 17.1 Å². The Labute approximate surface area is 119 Å². The molecular formula is C15H23N3O2. The van der Waals surface area contributed by atoms with Gasteiger partial charge in [0.15, 0.2) is 5.75 Å². The number of piperidine rings is 1. The molecule has 0 aliphatic carbocycles. The van der Waals surface area contributed by atoms with Crippen LogP contribution in [0.1, 0.15) is 36.5 Å². The predicted octanol–water partition coefficient (Wildman–Crippen LogP) is 1.58. The summed E-state index contributed by atoms with van der Waals surface area (Å²) in [5.41, 5.74) is 6.05. The second-order valence-electron chi connectivity index (χ2n) is 5.40. The third-order valence-electron chi connectivity index (χ3n) is 3.88. The third-order valence-corrected chi connectivity index (χ3v) is 3.88. The number of phenols is 1. The lowest BCUT2D eigenvalue weighted by Gasteiger charge is -2.32. The average molecular weight is 277 g/mol. The third kappa shape index (κ3) is 3.42. The van der Waals surface area contributed by atoms with Gasteiger partial charge in [-0.2, -0.15) is 0 Å². The number of nitrogens with two attached hydrogens (primary N) is 1. The van der Waals surface area contributed by atoms with E-state index in [1.807, 2.05) is 0 Å². The van der Waals surface area contributed by atoms with Crippen molar-refractivity contribution < 1.29 is 9.90 Å². The molecule has 1 heterocycles. The van der Waals surface area contributed by atoms with Crippen LogP contribution >= 0.6 is 0 Å². The highest BCUT2D eigenvalue weighted by molar-refractivity contribution is 5.98. The number of carbonyl (C=O) groups is 1. The van der Waals surface area contributed by atoms with Crippen LogP contribution in [0.3, 0.4) is 0 Å². The number of likely N-dealkylation sites (tertiary alicyclic amines) is 1. The van der Waals surface area contributed by atoms with E-state index in [1.54, 1.807) is 18.2 Å². The van der Waals surface area contributed by atoms with Crippen LogP contribution in [-0.2, 0) is 0 Å². The largest absolute Gasteiger partial charge is 0.505 e. The molecule has 0 saturated carbocycles. The Hall–Kier alpha value is -1.75. The van der Waals surface area contributed by atoms with Crippen LogP contribution in [0.15, 0.2) is 18.2 Å². The first-order valence-electron chi connectivity index (χ1n) is 7.19. The van der Waals surface area contributed by atoms with Crippen molar-refractivity contribution in [3.63, 3.8) is 0 Å². The Morgan fingerprint density at radius 3 is 2.80 bits per heavy atom. The Bertz CT molecular complexity index is 470. The first kappa shape index (κ1) is 14.7. The SMILES string of the molecule is CC(CNC(=O)c1cccc(N)c1O)N1CCCCC1. The van der Waals surface area contributed by atoms with E-state index in [0.29, 0.717) is 12.6 Å². The number of rotatable bonds is 4. The van der Waals surface area contributed by atoms with Crippen molar-refractivity contribution in [2.24, 2.45) is 0 Å². The fourth-order valence-corrected chi connectivity index (χ4v) is 2.57. The van der Waals surface area contributed by atoms with Crippen molar-refractivity contribution in [3.05, 3.63) is 23.8 Å². The second-order valence-corrected chi connectivity index (χ2v) is 5.40. The van der Waals surface area contributed by atoms with Crippen molar-refractivity contribution in [1.29, 1.82) is 0 Å². The highest BCUT2D eigenvalue weighted by atomic mass is 16.3. The van der Waals surface area contributed by atoms with Gasteiger partial charge in [-0.1, -0.05) is 12.5 Å². The van der Waals surface area contributed by atoms with E-state index in [-0.39, 0.29) is 22.9 Å². The molecule has 1 aromatic carbocycles. The molecule has 5 nitrogen and oxygen atoms in total. The van der Waals surface area contributed by atoms with Crippen LogP contribution in [0.25, 0.3) is 0 Å². The topological polar surface area (TPSA) is 78.6 Å². The van der Waals surface area contributed by atoms with Crippen LogP contribution < -0.4 is 11.1 Å². The summed E-state index contributed by atoms with van der Waals surface area (Å²) in [7, 11) is 0. The normalized spacial score (nSPS) is 17.6. The number of hydrogen-bond acceptors (Lipinski definition) is 4. The summed E-state index contributed by atoms with van der Waals surface area (Å²) in [6.45, 7) is 4.89. The minimum absolute atomic E-state index is 0.143. The molecule has 1 fully saturated rings. The number of hydrogen-bond donors (Lipinski definition) is 3. The van der Waals surface area contributed by atoms with Crippen LogP contribution in [0.2, 0.25) is 0 Å². The van der Waals surface area contributed by atoms with E-state index in [0.717, 1.165) is 13.1 Å². The number of nitrogens with zero attached hydrogens (tertiary/aromatic N) is 1. The molecule has 1 unspecified atom stereocenters. The summed E-state index contributed by atoms with van der Waals surface area (Å²) >= 11 is 0. The summed E-state index contributed by atoms with van der Waals surface area (Å²) in [5.74, 6) is -0.422. The molecule has 4 N–H and O–H groups in total. The fraction of sp³-hybridized carbons (Fsp3) is 0.533. The highest BCUT2D eigenvalue weighted by Gasteiger charge is 2.18. The number of nitrogen functional groups attached to an aromatic ring is 1. The van der Waals surface area contributed by atoms with Gasteiger partial charge >= 0.3 is 0 Å². The molecule has 0 spiro atoms. The minimum Gasteiger partial charge on any atom is -0.505 e. The quantitative estimate of drug-likeness (QED) is 0.577. The maximum Gasteiger partial charge on any atom is 0.255 e. The van der Waals surface area contributed by atoms with Crippen molar-refractivity contribution >= 4 is 11.6 Å². The van der Waals surface area contributed by atoms with Gasteiger partial charge in [0.1, 0.15) is 0 Å². The van der Waals surface area contributed by atoms with Gasteiger partial charge in [-0.15, -0.1) is 0 Å². The maximum absolute atomic E-state index is 12.1. The summed E-state index contributed by atoms with van der Waals surface area (Å²) in [6.07, 6.45) is 3.76. The highest BCUT2D eigenvalue weighted by Crippen LogP contribution is 2.24. The van der Waals surface area contributed by atoms with Crippen molar-refractivity contribution in [2.75, 3.05) is 25.4 Å². The standard InChI is InChI=1S/C15H23N3O2/c1-11(18-8-3-2-4-9-18)10-17-15(20)12-6-5-7-13(16)14(12)19/h5-7,11,19H,2-4,8-10,16H2,1H3,(H,17,20). The smallest absolute Gasteiger partial charge is 0.255 e. The summed E-state index contributed by atoms with van der Waals surface area (Å²) in [4.78, 5) is 14.5. The molecule has 0 radical (unpaired) electrons. The number of amides is 1. The van der Waals surface area contributed by atoms with Gasteiger partial charge in [0.25, 0.3) is 5.91 Å². The molecule has 1 aromatic rings. The van der Waals surface area contributed by atoms with Crippen LogP contribution in [0.4, 0.5) is 5.69 Å². The van der Waals surface area contributed by atoms with E-state index in [1.165, 1.54) is 19.3 Å². The summed E-state index contributed by atoms with van der Waals surface area (Å²) in [5, 5.41) is 12.7. The summed E-state index contributed by atoms with van der Waals surface area (Å²) < 4.78 is 0. The van der Waals surface area contributed by atoms with Gasteiger partial charge in [-0.05, 0) is 45.0 Å². The number of para-hydroxylation sites is 1. The van der Waals surface area contributed by atoms with E-state index < -0.39 is 0 Å². The molecule has 0 bridgehead atoms. The number of carbonyl (C=O) groups excluding carboxylic acids is 1. The monoisotopic (exact) mass is 277 g/mol. The van der Waals surface area contributed by atoms with Gasteiger partial charge in [-0.25, -0.2) is 0 Å². The van der Waals surface area contributed by atoms with Gasteiger partial charge in [0, 0.05) is 12.6 Å². The number of benzene rings is 1. The van der Waals surface area contributed by atoms with Crippen molar-refractivity contribution in [2.45, 2.75) is 32.2 Å². The Kier molecular flexibility index (Phi) is 4.84. The van der Waals surface area contributed by atoms with E-state index in [9.17, 15) is 9.90 Å². The first-order chi connectivity index (χ1) is 9.59. The van der Waals surface area contributed by atoms with Gasteiger partial charge in [0.05, 0.1) is 11.3 Å². The zero-order valence-corrected chi connectivity index (χ0v) is 11.9. The fourth-order valence-electron chi connectivity index (χ4n) is 2.57. The molecular weight excluding hydrogens is 254 g/mol. The Balaban J connectivity index is 1.89. The van der Waals surface area contributed by atoms with Crippen LogP contribution in [0.5, 0.6) is 5.75 Å². The number of anilines is 1. The lowest BCUT2D eigenvalue weighted by atomic mass is 10.1. The summed E-state index contributed by atoms with van der Waals surface area (Å²) in [6, 6.07) is 5.12. The lowest BCUT2D eigenvalue weighted by Crippen LogP contribution is -2.44. The van der Waals surface area contributed by atoms with Gasteiger partial charge < -0.3 is 16.2 Å². The molecule has 5 heteroatoms. The number of aromatic hydroxyl groups is 1. The van der Waals surface area contributed by atoms with Crippen molar-refractivity contribution in [1.82, 2.24) is 10.2 Å². The molecule has 1 amide bonds. The van der Waals surface area contributed by atoms with Gasteiger partial charge in [0.2, 0.25) is 0 Å². The molecule has 1 aliphatic rings. The Morgan fingerprint density at radius 1 is 1.40 bits per heavy atom. The number of phenolic OH excluding ortho intramolecular Hbond substituents is 1. The molecule has 20 heavy (non-hydrogen) atoms. The average Bonchev–Trinajstić information content (AvgIpc) is 2.48. The zero-order chi connectivity index (χ0) is 14.5. The van der Waals surface area contributed by atoms with Crippen LogP contribution in [-0.4, -0.2) is 41.6 Å². The molecule has 1 aliphatic heterocycles. The molecule has 2 rings (SSSR count). The minimum atomic E-state index is -0.279. The maximum atomic E-state index is 12.1. The van der Waals surface area contributed by atoms with Gasteiger partial charge in [-0.3, -0.25) is 9.69 Å². The first-order valence-corrected chi connectivity index (χ1v) is 7.19. The Morgan fingerprint density at radius 2 is 2.10 bits per heavy atom. The molecule has 0 aromatic heterocycles. The van der Waals surface area contributed by atoms with Crippen molar-refractivity contribution in [3.8, 4) is 5.75 Å². The lowest BCUT2D eigenvalue weighted by molar-refractivity contribution is 0.0927. The van der Waals surface area contributed by atoms with E-state index >= 15 is 0 Å². The van der Waals surface area contributed by atoms with E-state index in [4.69, 9.17) is 5.73 Å². The molecule has 110 valence electrons. The second kappa shape index (κ2) is 6.61.